The van der Waals surface area contributed by atoms with Crippen molar-refractivity contribution in [2.45, 2.75) is 37.4 Å². The summed E-state index contributed by atoms with van der Waals surface area (Å²) in [5.41, 5.74) is 1.60. The van der Waals surface area contributed by atoms with Crippen molar-refractivity contribution in [3.05, 3.63) is 35.4 Å². The molecule has 0 aliphatic carbocycles. The Bertz CT molecular complexity index is 726. The van der Waals surface area contributed by atoms with Crippen LogP contribution in [0.15, 0.2) is 29.8 Å². The molecular formula is C19H25N3O5. The minimum Gasteiger partial charge on any atom is -0.388 e. The minimum absolute atomic E-state index is 0.0912. The van der Waals surface area contributed by atoms with Crippen molar-refractivity contribution >= 4 is 17.7 Å². The third-order valence-corrected chi connectivity index (χ3v) is 4.50. The Kier molecular flexibility index (Phi) is 6.93. The van der Waals surface area contributed by atoms with Gasteiger partial charge in [0.15, 0.2) is 0 Å². The van der Waals surface area contributed by atoms with Crippen molar-refractivity contribution < 1.29 is 24.9 Å². The highest BCUT2D eigenvalue weighted by atomic mass is 16.5. The molecule has 1 aromatic carbocycles. The Morgan fingerprint density at radius 2 is 1.85 bits per heavy atom. The van der Waals surface area contributed by atoms with Gasteiger partial charge in [0.2, 0.25) is 0 Å². The maximum atomic E-state index is 12.3. The Morgan fingerprint density at radius 3 is 2.41 bits per heavy atom. The average molecular weight is 375 g/mol. The van der Waals surface area contributed by atoms with Crippen LogP contribution >= 0.6 is 0 Å². The molecule has 1 aliphatic heterocycles. The molecule has 146 valence electrons. The number of hydrogen-bond acceptors (Lipinski definition) is 7. The van der Waals surface area contributed by atoms with E-state index in [0.29, 0.717) is 5.56 Å². The monoisotopic (exact) mass is 375 g/mol. The molecule has 0 saturated carbocycles. The van der Waals surface area contributed by atoms with Crippen molar-refractivity contribution in [2.75, 3.05) is 25.5 Å². The third-order valence-electron chi connectivity index (χ3n) is 4.50. The highest BCUT2D eigenvalue weighted by Gasteiger charge is 2.41. The molecular weight excluding hydrogens is 350 g/mol. The first-order valence-corrected chi connectivity index (χ1v) is 8.61. The molecule has 4 N–H and O–H groups in total. The lowest BCUT2D eigenvalue weighted by molar-refractivity contribution is -0.215. The second-order valence-corrected chi connectivity index (χ2v) is 6.72. The Balaban J connectivity index is 2.01. The van der Waals surface area contributed by atoms with Crippen LogP contribution < -0.4 is 10.2 Å². The van der Waals surface area contributed by atoms with E-state index in [-0.39, 0.29) is 12.1 Å². The topological polar surface area (TPSA) is 126 Å². The first kappa shape index (κ1) is 20.9. The van der Waals surface area contributed by atoms with E-state index in [0.717, 1.165) is 5.69 Å². The lowest BCUT2D eigenvalue weighted by Crippen LogP contribution is -2.59. The van der Waals surface area contributed by atoms with Gasteiger partial charge in [-0.05, 0) is 30.7 Å². The zero-order valence-corrected chi connectivity index (χ0v) is 15.5. The van der Waals surface area contributed by atoms with Gasteiger partial charge in [-0.2, -0.15) is 5.26 Å². The van der Waals surface area contributed by atoms with Gasteiger partial charge in [0.1, 0.15) is 36.1 Å². The number of aliphatic hydroxyl groups is 3. The van der Waals surface area contributed by atoms with Crippen molar-refractivity contribution in [3.8, 4) is 6.07 Å². The fourth-order valence-electron chi connectivity index (χ4n) is 2.78. The predicted octanol–water partition coefficient (Wildman–Crippen LogP) is -0.354. The molecule has 2 rings (SSSR count). The predicted molar refractivity (Wildman–Crippen MR) is 99.7 cm³/mol. The first-order chi connectivity index (χ1) is 12.7. The SMILES string of the molecule is CC1O[C@H](CNC(=O)/C(C#N)=C/c2ccc(N(C)C)cc2)[C@@H](O)[C@H](O)[C@H]1O. The third kappa shape index (κ3) is 5.05. The number of anilines is 1. The summed E-state index contributed by atoms with van der Waals surface area (Å²) >= 11 is 0. The average Bonchev–Trinajstić information content (AvgIpc) is 2.66. The fraction of sp³-hybridized carbons (Fsp3) is 0.474. The van der Waals surface area contributed by atoms with Crippen LogP contribution in [-0.4, -0.2) is 72.4 Å². The van der Waals surface area contributed by atoms with Crippen LogP contribution in [0.3, 0.4) is 0 Å². The van der Waals surface area contributed by atoms with Crippen LogP contribution in [0.25, 0.3) is 6.08 Å². The van der Waals surface area contributed by atoms with Gasteiger partial charge in [0.05, 0.1) is 6.10 Å². The van der Waals surface area contributed by atoms with Crippen LogP contribution in [0.2, 0.25) is 0 Å². The highest BCUT2D eigenvalue weighted by molar-refractivity contribution is 6.01. The summed E-state index contributed by atoms with van der Waals surface area (Å²) in [6, 6.07) is 9.20. The quantitative estimate of drug-likeness (QED) is 0.409. The molecule has 1 aromatic rings. The van der Waals surface area contributed by atoms with Gasteiger partial charge in [-0.1, -0.05) is 12.1 Å². The molecule has 0 aromatic heterocycles. The molecule has 27 heavy (non-hydrogen) atoms. The molecule has 1 amide bonds. The number of amides is 1. The molecule has 0 spiro atoms. The van der Waals surface area contributed by atoms with E-state index in [4.69, 9.17) is 4.74 Å². The van der Waals surface area contributed by atoms with Crippen LogP contribution in [0.5, 0.6) is 0 Å². The molecule has 8 nitrogen and oxygen atoms in total. The van der Waals surface area contributed by atoms with E-state index in [1.807, 2.05) is 37.2 Å². The number of aliphatic hydroxyl groups excluding tert-OH is 3. The first-order valence-electron chi connectivity index (χ1n) is 8.61. The molecule has 8 heteroatoms. The van der Waals surface area contributed by atoms with Gasteiger partial charge in [-0.25, -0.2) is 0 Å². The summed E-state index contributed by atoms with van der Waals surface area (Å²) in [5.74, 6) is -0.613. The molecule has 1 fully saturated rings. The van der Waals surface area contributed by atoms with Crippen LogP contribution in [0, 0.1) is 11.3 Å². The highest BCUT2D eigenvalue weighted by Crippen LogP contribution is 2.20. The van der Waals surface area contributed by atoms with E-state index in [9.17, 15) is 25.4 Å². The van der Waals surface area contributed by atoms with Gasteiger partial charge in [-0.15, -0.1) is 0 Å². The maximum absolute atomic E-state index is 12.3. The van der Waals surface area contributed by atoms with Gasteiger partial charge in [-0.3, -0.25) is 4.79 Å². The normalized spacial score (nSPS) is 28.3. The summed E-state index contributed by atoms with van der Waals surface area (Å²) in [7, 11) is 3.83. The molecule has 1 saturated heterocycles. The summed E-state index contributed by atoms with van der Waals surface area (Å²) in [4.78, 5) is 14.2. The number of carbonyl (C=O) groups excluding carboxylic acids is 1. The van der Waals surface area contributed by atoms with E-state index in [1.165, 1.54) is 6.08 Å². The van der Waals surface area contributed by atoms with Crippen molar-refractivity contribution in [1.29, 1.82) is 5.26 Å². The molecule has 0 radical (unpaired) electrons. The number of nitrogens with one attached hydrogen (secondary N) is 1. The lowest BCUT2D eigenvalue weighted by Gasteiger charge is -2.39. The second-order valence-electron chi connectivity index (χ2n) is 6.72. The van der Waals surface area contributed by atoms with E-state index in [1.54, 1.807) is 19.1 Å². The summed E-state index contributed by atoms with van der Waals surface area (Å²) in [6.45, 7) is 1.46. The molecule has 1 heterocycles. The van der Waals surface area contributed by atoms with Gasteiger partial charge in [0, 0.05) is 26.3 Å². The zero-order valence-electron chi connectivity index (χ0n) is 15.5. The Morgan fingerprint density at radius 1 is 1.22 bits per heavy atom. The zero-order chi connectivity index (χ0) is 20.1. The van der Waals surface area contributed by atoms with Crippen LogP contribution in [0.4, 0.5) is 5.69 Å². The van der Waals surface area contributed by atoms with Crippen molar-refractivity contribution in [2.24, 2.45) is 0 Å². The molecule has 5 atom stereocenters. The summed E-state index contributed by atoms with van der Waals surface area (Å²) < 4.78 is 5.42. The van der Waals surface area contributed by atoms with Gasteiger partial charge >= 0.3 is 0 Å². The van der Waals surface area contributed by atoms with Crippen LogP contribution in [0.1, 0.15) is 12.5 Å². The van der Waals surface area contributed by atoms with E-state index >= 15 is 0 Å². The number of nitriles is 1. The largest absolute Gasteiger partial charge is 0.388 e. The summed E-state index contributed by atoms with van der Waals surface area (Å²) in [5, 5.41) is 41.2. The standard InChI is InChI=1S/C19H25N3O5/c1-11-16(23)18(25)17(24)15(27-11)10-21-19(26)13(9-20)8-12-4-6-14(7-5-12)22(2)3/h4-8,11,15-18,23-25H,10H2,1-3H3,(H,21,26)/b13-8+/t11?,15-,16+,17-,18-/m1/s1. The van der Waals surface area contributed by atoms with E-state index in [2.05, 4.69) is 5.32 Å². The molecule has 0 bridgehead atoms. The number of hydrogen-bond donors (Lipinski definition) is 4. The van der Waals surface area contributed by atoms with Crippen molar-refractivity contribution in [3.63, 3.8) is 0 Å². The van der Waals surface area contributed by atoms with E-state index < -0.39 is 36.4 Å². The van der Waals surface area contributed by atoms with Crippen LogP contribution in [-0.2, 0) is 9.53 Å². The lowest BCUT2D eigenvalue weighted by atomic mass is 9.95. The molecule has 1 aliphatic rings. The molecule has 1 unspecified atom stereocenters. The Hall–Kier alpha value is -2.44. The summed E-state index contributed by atoms with van der Waals surface area (Å²) in [6.07, 6.45) is -4.02. The number of benzene rings is 1. The van der Waals surface area contributed by atoms with Gasteiger partial charge < -0.3 is 30.3 Å². The van der Waals surface area contributed by atoms with Crippen molar-refractivity contribution in [1.82, 2.24) is 5.32 Å². The number of carbonyl (C=O) groups is 1. The second kappa shape index (κ2) is 8.97. The van der Waals surface area contributed by atoms with Gasteiger partial charge in [0.25, 0.3) is 5.91 Å². The number of ether oxygens (including phenoxy) is 1. The smallest absolute Gasteiger partial charge is 0.262 e. The maximum Gasteiger partial charge on any atom is 0.262 e. The number of rotatable bonds is 5. The number of nitrogens with zero attached hydrogens (tertiary/aromatic N) is 2. The Labute approximate surface area is 158 Å². The fourth-order valence-corrected chi connectivity index (χ4v) is 2.78. The minimum atomic E-state index is -1.36.